The third kappa shape index (κ3) is 2.16. The zero-order chi connectivity index (χ0) is 11.4. The first-order valence-corrected chi connectivity index (χ1v) is 5.59. The summed E-state index contributed by atoms with van der Waals surface area (Å²) in [4.78, 5) is 2.70. The minimum Gasteiger partial charge on any atom is -0.411 e. The monoisotopic (exact) mass is 233 g/mol. The second-order valence-corrected chi connectivity index (χ2v) is 3.57. The van der Waals surface area contributed by atoms with E-state index in [0.29, 0.717) is 16.8 Å². The van der Waals surface area contributed by atoms with Crippen LogP contribution in [0.2, 0.25) is 0 Å². The minimum absolute atomic E-state index is 0.455. The molecule has 1 heterocycles. The Morgan fingerprint density at radius 1 is 1.31 bits per heavy atom. The second-order valence-electron chi connectivity index (χ2n) is 2.81. The van der Waals surface area contributed by atoms with Crippen molar-refractivity contribution in [1.82, 2.24) is 10.2 Å². The van der Waals surface area contributed by atoms with Crippen molar-refractivity contribution in [2.75, 3.05) is 6.26 Å². The predicted molar refractivity (Wildman–Crippen MR) is 60.3 cm³/mol. The summed E-state index contributed by atoms with van der Waals surface area (Å²) < 4.78 is 5.36. The fourth-order valence-corrected chi connectivity index (χ4v) is 1.42. The SMILES string of the molecule is CSc1nnc(-c2ccc(N=[N+]=[N-])cc2)o1. The van der Waals surface area contributed by atoms with E-state index in [1.54, 1.807) is 24.3 Å². The summed E-state index contributed by atoms with van der Waals surface area (Å²) in [6.07, 6.45) is 1.86. The average Bonchev–Trinajstić information content (AvgIpc) is 2.79. The maximum atomic E-state index is 8.26. The Bertz CT molecular complexity index is 529. The Labute approximate surface area is 95.3 Å². The number of aromatic nitrogens is 2. The number of thioether (sulfide) groups is 1. The zero-order valence-corrected chi connectivity index (χ0v) is 9.18. The highest BCUT2D eigenvalue weighted by molar-refractivity contribution is 7.98. The van der Waals surface area contributed by atoms with Crippen LogP contribution in [0.5, 0.6) is 0 Å². The van der Waals surface area contributed by atoms with Crippen LogP contribution < -0.4 is 0 Å². The number of nitrogens with zero attached hydrogens (tertiary/aromatic N) is 5. The minimum atomic E-state index is 0.455. The molecule has 1 aromatic carbocycles. The van der Waals surface area contributed by atoms with Gasteiger partial charge in [-0.15, -0.1) is 10.2 Å². The molecule has 0 unspecified atom stereocenters. The summed E-state index contributed by atoms with van der Waals surface area (Å²) in [5, 5.41) is 11.7. The van der Waals surface area contributed by atoms with Crippen molar-refractivity contribution >= 4 is 17.4 Å². The molecule has 6 nitrogen and oxygen atoms in total. The molecule has 0 aliphatic carbocycles. The predicted octanol–water partition coefficient (Wildman–Crippen LogP) is 3.40. The summed E-state index contributed by atoms with van der Waals surface area (Å²) in [6, 6.07) is 6.92. The van der Waals surface area contributed by atoms with Gasteiger partial charge in [-0.05, 0) is 23.9 Å². The maximum Gasteiger partial charge on any atom is 0.276 e. The number of hydrogen-bond donors (Lipinski definition) is 0. The van der Waals surface area contributed by atoms with Crippen LogP contribution in [0.1, 0.15) is 0 Å². The van der Waals surface area contributed by atoms with Crippen molar-refractivity contribution < 1.29 is 4.42 Å². The highest BCUT2D eigenvalue weighted by Gasteiger charge is 2.06. The Kier molecular flexibility index (Phi) is 3.09. The van der Waals surface area contributed by atoms with E-state index in [4.69, 9.17) is 9.95 Å². The lowest BCUT2D eigenvalue weighted by atomic mass is 10.2. The van der Waals surface area contributed by atoms with Gasteiger partial charge in [0.1, 0.15) is 0 Å². The quantitative estimate of drug-likeness (QED) is 0.351. The third-order valence-corrected chi connectivity index (χ3v) is 2.37. The maximum absolute atomic E-state index is 8.26. The van der Waals surface area contributed by atoms with E-state index >= 15 is 0 Å². The summed E-state index contributed by atoms with van der Waals surface area (Å²) in [6.45, 7) is 0. The van der Waals surface area contributed by atoms with Crippen LogP contribution >= 0.6 is 11.8 Å². The first kappa shape index (κ1) is 10.5. The van der Waals surface area contributed by atoms with Gasteiger partial charge in [-0.3, -0.25) is 0 Å². The van der Waals surface area contributed by atoms with E-state index in [1.165, 1.54) is 11.8 Å². The molecule has 0 saturated carbocycles. The molecule has 0 saturated heterocycles. The highest BCUT2D eigenvalue weighted by Crippen LogP contribution is 2.23. The molecule has 0 amide bonds. The lowest BCUT2D eigenvalue weighted by molar-refractivity contribution is 0.466. The molecular weight excluding hydrogens is 226 g/mol. The Hall–Kier alpha value is -1.98. The fraction of sp³-hybridized carbons (Fsp3) is 0.111. The van der Waals surface area contributed by atoms with E-state index in [-0.39, 0.29) is 0 Å². The van der Waals surface area contributed by atoms with Gasteiger partial charge in [-0.25, -0.2) is 0 Å². The normalized spacial score (nSPS) is 9.81. The topological polar surface area (TPSA) is 87.7 Å². The molecule has 2 rings (SSSR count). The molecule has 0 bridgehead atoms. The van der Waals surface area contributed by atoms with Gasteiger partial charge in [0.05, 0.1) is 0 Å². The molecule has 16 heavy (non-hydrogen) atoms. The van der Waals surface area contributed by atoms with Crippen LogP contribution in [-0.2, 0) is 0 Å². The summed E-state index contributed by atoms with van der Waals surface area (Å²) in [7, 11) is 0. The van der Waals surface area contributed by atoms with Gasteiger partial charge in [0, 0.05) is 16.2 Å². The molecule has 1 aromatic heterocycles. The van der Waals surface area contributed by atoms with Gasteiger partial charge in [-0.1, -0.05) is 29.0 Å². The fourth-order valence-electron chi connectivity index (χ4n) is 1.13. The number of azide groups is 1. The van der Waals surface area contributed by atoms with E-state index in [2.05, 4.69) is 20.2 Å². The lowest BCUT2D eigenvalue weighted by Gasteiger charge is -1.94. The molecule has 0 radical (unpaired) electrons. The molecule has 0 N–H and O–H groups in total. The van der Waals surface area contributed by atoms with Crippen molar-refractivity contribution in [3.63, 3.8) is 0 Å². The van der Waals surface area contributed by atoms with E-state index in [9.17, 15) is 0 Å². The van der Waals surface area contributed by atoms with Gasteiger partial charge >= 0.3 is 0 Å². The van der Waals surface area contributed by atoms with Crippen molar-refractivity contribution in [3.05, 3.63) is 34.7 Å². The van der Waals surface area contributed by atoms with Gasteiger partial charge in [0.15, 0.2) is 0 Å². The van der Waals surface area contributed by atoms with Crippen LogP contribution in [0.3, 0.4) is 0 Å². The average molecular weight is 233 g/mol. The van der Waals surface area contributed by atoms with Crippen LogP contribution in [0.15, 0.2) is 39.0 Å². The zero-order valence-electron chi connectivity index (χ0n) is 8.36. The molecule has 0 spiro atoms. The van der Waals surface area contributed by atoms with Crippen molar-refractivity contribution in [3.8, 4) is 11.5 Å². The van der Waals surface area contributed by atoms with Gasteiger partial charge in [-0.2, -0.15) is 0 Å². The Balaban J connectivity index is 2.30. The second kappa shape index (κ2) is 4.69. The van der Waals surface area contributed by atoms with Gasteiger partial charge in [0.25, 0.3) is 5.22 Å². The summed E-state index contributed by atoms with van der Waals surface area (Å²) >= 11 is 1.39. The van der Waals surface area contributed by atoms with Crippen LogP contribution in [-0.4, -0.2) is 16.5 Å². The van der Waals surface area contributed by atoms with Gasteiger partial charge in [0.2, 0.25) is 5.89 Å². The van der Waals surface area contributed by atoms with Crippen LogP contribution in [0.25, 0.3) is 21.9 Å². The number of benzene rings is 1. The van der Waals surface area contributed by atoms with E-state index in [0.717, 1.165) is 5.56 Å². The largest absolute Gasteiger partial charge is 0.411 e. The smallest absolute Gasteiger partial charge is 0.276 e. The molecule has 80 valence electrons. The highest BCUT2D eigenvalue weighted by atomic mass is 32.2. The molecular formula is C9H7N5OS. The molecule has 0 aliphatic rings. The summed E-state index contributed by atoms with van der Waals surface area (Å²) in [5.41, 5.74) is 9.60. The lowest BCUT2D eigenvalue weighted by Crippen LogP contribution is -1.76. The third-order valence-electron chi connectivity index (χ3n) is 1.86. The van der Waals surface area contributed by atoms with E-state index < -0.39 is 0 Å². The number of hydrogen-bond acceptors (Lipinski definition) is 5. The Morgan fingerprint density at radius 3 is 2.62 bits per heavy atom. The molecule has 2 aromatic rings. The first-order chi connectivity index (χ1) is 7.83. The van der Waals surface area contributed by atoms with E-state index in [1.807, 2.05) is 6.26 Å². The molecule has 0 aliphatic heterocycles. The van der Waals surface area contributed by atoms with Crippen LogP contribution in [0, 0.1) is 0 Å². The van der Waals surface area contributed by atoms with Crippen molar-refractivity contribution in [2.45, 2.75) is 5.22 Å². The molecule has 0 fully saturated rings. The first-order valence-electron chi connectivity index (χ1n) is 4.36. The summed E-state index contributed by atoms with van der Waals surface area (Å²) in [5.74, 6) is 0.455. The van der Waals surface area contributed by atoms with Crippen LogP contribution in [0.4, 0.5) is 5.69 Å². The standard InChI is InChI=1S/C9H7N5OS/c1-16-9-13-12-8(15-9)6-2-4-7(5-3-6)11-14-10/h2-5H,1H3. The number of rotatable bonds is 3. The van der Waals surface area contributed by atoms with Crippen molar-refractivity contribution in [1.29, 1.82) is 0 Å². The molecule has 7 heteroatoms. The Morgan fingerprint density at radius 2 is 2.06 bits per heavy atom. The molecule has 0 atom stereocenters. The van der Waals surface area contributed by atoms with Crippen molar-refractivity contribution in [2.24, 2.45) is 5.11 Å². The van der Waals surface area contributed by atoms with Gasteiger partial charge < -0.3 is 4.42 Å².